The molecule has 0 aliphatic heterocycles. The fourth-order valence-electron chi connectivity index (χ4n) is 2.57. The first-order valence-electron chi connectivity index (χ1n) is 7.45. The summed E-state index contributed by atoms with van der Waals surface area (Å²) < 4.78 is 5.16. The molecule has 0 aromatic heterocycles. The molecule has 2 nitrogen and oxygen atoms in total. The number of methoxy groups -OCH3 is 1. The van der Waals surface area contributed by atoms with Crippen LogP contribution in [0, 0.1) is 13.8 Å². The van der Waals surface area contributed by atoms with Gasteiger partial charge in [-0.3, -0.25) is 0 Å². The smallest absolute Gasteiger partial charge is 0.0462 e. The summed E-state index contributed by atoms with van der Waals surface area (Å²) >= 11 is 0. The highest BCUT2D eigenvalue weighted by atomic mass is 16.5. The first-order chi connectivity index (χ1) is 9.15. The molecule has 0 spiro atoms. The van der Waals surface area contributed by atoms with Gasteiger partial charge < -0.3 is 10.1 Å². The SMILES string of the molecule is CCCNC(CCCOC)Cc1cc(C)cc(C)c1. The lowest BCUT2D eigenvalue weighted by Gasteiger charge is -2.19. The molecule has 1 atom stereocenters. The number of aryl methyl sites for hydroxylation is 2. The summed E-state index contributed by atoms with van der Waals surface area (Å²) in [6, 6.07) is 7.42. The average Bonchev–Trinajstić information content (AvgIpc) is 2.34. The Kier molecular flexibility index (Phi) is 7.76. The molecule has 0 aliphatic rings. The van der Waals surface area contributed by atoms with Crippen LogP contribution in [0.1, 0.15) is 42.9 Å². The molecule has 1 unspecified atom stereocenters. The van der Waals surface area contributed by atoms with Gasteiger partial charge in [0.15, 0.2) is 0 Å². The lowest BCUT2D eigenvalue weighted by atomic mass is 9.98. The van der Waals surface area contributed by atoms with Gasteiger partial charge in [-0.25, -0.2) is 0 Å². The number of hydrogen-bond donors (Lipinski definition) is 1. The summed E-state index contributed by atoms with van der Waals surface area (Å²) in [6.07, 6.45) is 4.61. The third-order valence-corrected chi connectivity index (χ3v) is 3.35. The van der Waals surface area contributed by atoms with Crippen molar-refractivity contribution in [3.8, 4) is 0 Å². The lowest BCUT2D eigenvalue weighted by Crippen LogP contribution is -2.32. The van der Waals surface area contributed by atoms with Crippen molar-refractivity contribution < 1.29 is 4.74 Å². The minimum Gasteiger partial charge on any atom is -0.385 e. The van der Waals surface area contributed by atoms with Gasteiger partial charge in [-0.1, -0.05) is 36.2 Å². The normalized spacial score (nSPS) is 12.6. The van der Waals surface area contributed by atoms with Crippen LogP contribution in [0.3, 0.4) is 0 Å². The van der Waals surface area contributed by atoms with Crippen molar-refractivity contribution in [1.82, 2.24) is 5.32 Å². The van der Waals surface area contributed by atoms with E-state index in [9.17, 15) is 0 Å². The van der Waals surface area contributed by atoms with Crippen molar-refractivity contribution in [2.45, 2.75) is 52.5 Å². The largest absolute Gasteiger partial charge is 0.385 e. The number of rotatable bonds is 9. The summed E-state index contributed by atoms with van der Waals surface area (Å²) in [7, 11) is 1.78. The molecule has 0 heterocycles. The summed E-state index contributed by atoms with van der Waals surface area (Å²) in [5.74, 6) is 0. The fraction of sp³-hybridized carbons (Fsp3) is 0.647. The van der Waals surface area contributed by atoms with E-state index in [1.165, 1.54) is 29.5 Å². The summed E-state index contributed by atoms with van der Waals surface area (Å²) in [4.78, 5) is 0. The molecule has 19 heavy (non-hydrogen) atoms. The molecule has 0 saturated heterocycles. The van der Waals surface area contributed by atoms with Crippen LogP contribution in [0.4, 0.5) is 0 Å². The first kappa shape index (κ1) is 16.2. The monoisotopic (exact) mass is 263 g/mol. The third kappa shape index (κ3) is 6.74. The lowest BCUT2D eigenvalue weighted by molar-refractivity contribution is 0.188. The van der Waals surface area contributed by atoms with Gasteiger partial charge in [-0.05, 0) is 51.6 Å². The van der Waals surface area contributed by atoms with Gasteiger partial charge in [-0.2, -0.15) is 0 Å². The van der Waals surface area contributed by atoms with E-state index in [2.05, 4.69) is 44.3 Å². The van der Waals surface area contributed by atoms with Crippen molar-refractivity contribution in [1.29, 1.82) is 0 Å². The fourth-order valence-corrected chi connectivity index (χ4v) is 2.57. The molecular weight excluding hydrogens is 234 g/mol. The third-order valence-electron chi connectivity index (χ3n) is 3.35. The molecule has 1 rings (SSSR count). The topological polar surface area (TPSA) is 21.3 Å². The Morgan fingerprint density at radius 2 is 1.84 bits per heavy atom. The quantitative estimate of drug-likeness (QED) is 0.687. The van der Waals surface area contributed by atoms with Crippen LogP contribution in [-0.4, -0.2) is 26.3 Å². The zero-order valence-corrected chi connectivity index (χ0v) is 13.0. The van der Waals surface area contributed by atoms with Crippen LogP contribution in [0.5, 0.6) is 0 Å². The standard InChI is InChI=1S/C17H29NO/c1-5-8-18-17(7-6-9-19-4)13-16-11-14(2)10-15(3)12-16/h10-12,17-18H,5-9,13H2,1-4H3. The highest BCUT2D eigenvalue weighted by Crippen LogP contribution is 2.13. The van der Waals surface area contributed by atoms with E-state index in [0.717, 1.165) is 26.0 Å². The Morgan fingerprint density at radius 3 is 2.42 bits per heavy atom. The highest BCUT2D eigenvalue weighted by molar-refractivity contribution is 5.29. The van der Waals surface area contributed by atoms with Crippen molar-refractivity contribution in [3.05, 3.63) is 34.9 Å². The molecule has 0 bridgehead atoms. The molecule has 0 radical (unpaired) electrons. The highest BCUT2D eigenvalue weighted by Gasteiger charge is 2.09. The molecule has 1 N–H and O–H groups in total. The van der Waals surface area contributed by atoms with Gasteiger partial charge >= 0.3 is 0 Å². The van der Waals surface area contributed by atoms with Crippen LogP contribution in [0.25, 0.3) is 0 Å². The van der Waals surface area contributed by atoms with Crippen LogP contribution in [0.15, 0.2) is 18.2 Å². The minimum atomic E-state index is 0.566. The number of ether oxygens (including phenoxy) is 1. The minimum absolute atomic E-state index is 0.566. The number of nitrogens with one attached hydrogen (secondary N) is 1. The maximum Gasteiger partial charge on any atom is 0.0462 e. The Labute approximate surface area is 118 Å². The van der Waals surface area contributed by atoms with E-state index in [0.29, 0.717) is 6.04 Å². The Morgan fingerprint density at radius 1 is 1.16 bits per heavy atom. The second kappa shape index (κ2) is 9.11. The van der Waals surface area contributed by atoms with Gasteiger partial charge in [0, 0.05) is 19.8 Å². The molecule has 0 saturated carbocycles. The van der Waals surface area contributed by atoms with Crippen molar-refractivity contribution in [3.63, 3.8) is 0 Å². The average molecular weight is 263 g/mol. The summed E-state index contributed by atoms with van der Waals surface area (Å²) in [5, 5.41) is 3.66. The summed E-state index contributed by atoms with van der Waals surface area (Å²) in [6.45, 7) is 8.53. The van der Waals surface area contributed by atoms with Crippen molar-refractivity contribution >= 4 is 0 Å². The summed E-state index contributed by atoms with van der Waals surface area (Å²) in [5.41, 5.74) is 4.17. The molecule has 0 amide bonds. The maximum absolute atomic E-state index is 5.16. The predicted octanol–water partition coefficient (Wildman–Crippen LogP) is 3.64. The van der Waals surface area contributed by atoms with E-state index in [4.69, 9.17) is 4.74 Å². The van der Waals surface area contributed by atoms with Crippen molar-refractivity contribution in [2.75, 3.05) is 20.3 Å². The van der Waals surface area contributed by atoms with E-state index < -0.39 is 0 Å². The molecule has 1 aromatic rings. The number of benzene rings is 1. The van der Waals surface area contributed by atoms with E-state index >= 15 is 0 Å². The van der Waals surface area contributed by atoms with E-state index in [-0.39, 0.29) is 0 Å². The van der Waals surface area contributed by atoms with Crippen molar-refractivity contribution in [2.24, 2.45) is 0 Å². The van der Waals surface area contributed by atoms with Crippen LogP contribution in [-0.2, 0) is 11.2 Å². The molecule has 2 heteroatoms. The van der Waals surface area contributed by atoms with Gasteiger partial charge in [0.05, 0.1) is 0 Å². The Hall–Kier alpha value is -0.860. The van der Waals surface area contributed by atoms with E-state index in [1.807, 2.05) is 0 Å². The van der Waals surface area contributed by atoms with Gasteiger partial charge in [0.1, 0.15) is 0 Å². The van der Waals surface area contributed by atoms with E-state index in [1.54, 1.807) is 7.11 Å². The second-order valence-electron chi connectivity index (χ2n) is 5.49. The molecule has 0 aliphatic carbocycles. The van der Waals surface area contributed by atoms with Crippen LogP contribution < -0.4 is 5.32 Å². The maximum atomic E-state index is 5.16. The van der Waals surface area contributed by atoms with Gasteiger partial charge in [-0.15, -0.1) is 0 Å². The Balaban J connectivity index is 2.58. The predicted molar refractivity (Wildman–Crippen MR) is 82.8 cm³/mol. The number of hydrogen-bond acceptors (Lipinski definition) is 2. The van der Waals surface area contributed by atoms with Gasteiger partial charge in [0.25, 0.3) is 0 Å². The van der Waals surface area contributed by atoms with Crippen LogP contribution >= 0.6 is 0 Å². The molecule has 108 valence electrons. The van der Waals surface area contributed by atoms with Gasteiger partial charge in [0.2, 0.25) is 0 Å². The molecular formula is C17H29NO. The van der Waals surface area contributed by atoms with Crippen LogP contribution in [0.2, 0.25) is 0 Å². The first-order valence-corrected chi connectivity index (χ1v) is 7.45. The second-order valence-corrected chi connectivity index (χ2v) is 5.49. The Bertz CT molecular complexity index is 342. The molecule has 1 aromatic carbocycles. The molecule has 0 fully saturated rings. The zero-order valence-electron chi connectivity index (χ0n) is 13.0. The zero-order chi connectivity index (χ0) is 14.1.